The number of benzene rings is 1. The van der Waals surface area contributed by atoms with Gasteiger partial charge in [0, 0.05) is 0 Å². The van der Waals surface area contributed by atoms with Gasteiger partial charge in [-0.1, -0.05) is 53.7 Å². The molecular weight excluding hydrogens is 442 g/mol. The summed E-state index contributed by atoms with van der Waals surface area (Å²) in [7, 11) is 1.31. The second-order valence-electron chi connectivity index (χ2n) is 11.0. The van der Waals surface area contributed by atoms with Crippen LogP contribution in [-0.2, 0) is 4.74 Å². The van der Waals surface area contributed by atoms with Crippen LogP contribution in [0.15, 0.2) is 18.2 Å². The Kier molecular flexibility index (Phi) is 8.93. The number of carbonyl (C=O) groups is 1. The third-order valence-corrected chi connectivity index (χ3v) is 13.1. The van der Waals surface area contributed by atoms with Crippen LogP contribution in [0, 0.1) is 17.4 Å². The number of nitrogens with one attached hydrogen (secondary N) is 1. The van der Waals surface area contributed by atoms with Gasteiger partial charge in [0.2, 0.25) is 0 Å². The molecule has 0 aromatic heterocycles. The number of carbonyl (C=O) groups excluding carboxylic acids is 1. The van der Waals surface area contributed by atoms with Crippen LogP contribution in [0.25, 0.3) is 6.08 Å². The molecule has 0 aliphatic heterocycles. The van der Waals surface area contributed by atoms with E-state index in [1.54, 1.807) is 14.2 Å². The molecule has 0 bridgehead atoms. The van der Waals surface area contributed by atoms with Crippen LogP contribution in [0.2, 0.25) is 16.6 Å². The van der Waals surface area contributed by atoms with Crippen molar-refractivity contribution in [3.63, 3.8) is 0 Å². The predicted octanol–water partition coefficient (Wildman–Crippen LogP) is 7.13. The SMILES string of the molecule is COc1cc2c(cc1OC)[C@H](NC(=O)OC(C)(C)C)[C@H](C#C[Si](C(C)C)(C(C)C)C(C)C)C=C2. The van der Waals surface area contributed by atoms with Crippen LogP contribution >= 0.6 is 0 Å². The van der Waals surface area contributed by atoms with Crippen molar-refractivity contribution in [2.75, 3.05) is 14.2 Å². The first-order valence-electron chi connectivity index (χ1n) is 12.2. The minimum absolute atomic E-state index is 0.179. The molecule has 2 atom stereocenters. The van der Waals surface area contributed by atoms with E-state index < -0.39 is 19.8 Å². The Labute approximate surface area is 207 Å². The van der Waals surface area contributed by atoms with Gasteiger partial charge in [-0.25, -0.2) is 4.79 Å². The van der Waals surface area contributed by atoms with E-state index >= 15 is 0 Å². The molecule has 34 heavy (non-hydrogen) atoms. The van der Waals surface area contributed by atoms with Crippen LogP contribution in [0.4, 0.5) is 4.79 Å². The summed E-state index contributed by atoms with van der Waals surface area (Å²) >= 11 is 0. The monoisotopic (exact) mass is 485 g/mol. The lowest BCUT2D eigenvalue weighted by molar-refractivity contribution is 0.0497. The van der Waals surface area contributed by atoms with Gasteiger partial charge in [-0.3, -0.25) is 0 Å². The fourth-order valence-corrected chi connectivity index (χ4v) is 10.5. The summed E-state index contributed by atoms with van der Waals surface area (Å²) in [6.07, 6.45) is 3.69. The summed E-state index contributed by atoms with van der Waals surface area (Å²) in [5.41, 5.74) is 6.73. The molecule has 0 spiro atoms. The zero-order chi connectivity index (χ0) is 25.8. The number of rotatable bonds is 6. The molecule has 0 saturated carbocycles. The average Bonchev–Trinajstić information content (AvgIpc) is 2.72. The quantitative estimate of drug-likeness (QED) is 0.344. The van der Waals surface area contributed by atoms with Gasteiger partial charge in [-0.05, 0) is 60.7 Å². The Morgan fingerprint density at radius 1 is 0.971 bits per heavy atom. The van der Waals surface area contributed by atoms with Crippen molar-refractivity contribution in [1.82, 2.24) is 5.32 Å². The highest BCUT2D eigenvalue weighted by atomic mass is 28.3. The van der Waals surface area contributed by atoms with Gasteiger partial charge in [0.25, 0.3) is 0 Å². The molecular formula is C28H43NO4Si. The minimum atomic E-state index is -1.93. The van der Waals surface area contributed by atoms with E-state index in [0.717, 1.165) is 11.1 Å². The number of methoxy groups -OCH3 is 2. The molecule has 1 aromatic rings. The van der Waals surface area contributed by atoms with Gasteiger partial charge in [-0.15, -0.1) is 11.5 Å². The highest BCUT2D eigenvalue weighted by Gasteiger charge is 2.42. The minimum Gasteiger partial charge on any atom is -0.493 e. The number of fused-ring (bicyclic) bond motifs is 1. The number of alkyl carbamates (subject to hydrolysis) is 1. The van der Waals surface area contributed by atoms with Gasteiger partial charge in [0.05, 0.1) is 26.2 Å². The van der Waals surface area contributed by atoms with Crippen LogP contribution in [0.5, 0.6) is 11.5 Å². The zero-order valence-corrected chi connectivity index (χ0v) is 23.8. The van der Waals surface area contributed by atoms with Crippen molar-refractivity contribution < 1.29 is 19.0 Å². The molecule has 188 valence electrons. The Bertz CT molecular complexity index is 941. The van der Waals surface area contributed by atoms with E-state index in [2.05, 4.69) is 70.5 Å². The fourth-order valence-electron chi connectivity index (χ4n) is 5.21. The maximum Gasteiger partial charge on any atom is 0.408 e. The Morgan fingerprint density at radius 2 is 1.50 bits per heavy atom. The van der Waals surface area contributed by atoms with Crippen LogP contribution in [0.3, 0.4) is 0 Å². The lowest BCUT2D eigenvalue weighted by atomic mass is 9.85. The Morgan fingerprint density at radius 3 is 1.97 bits per heavy atom. The van der Waals surface area contributed by atoms with Crippen LogP contribution in [0.1, 0.15) is 79.5 Å². The molecule has 6 heteroatoms. The van der Waals surface area contributed by atoms with Crippen molar-refractivity contribution in [3.05, 3.63) is 29.3 Å². The maximum atomic E-state index is 12.8. The summed E-state index contributed by atoms with van der Waals surface area (Å²) in [5, 5.41) is 3.10. The third kappa shape index (κ3) is 5.99. The van der Waals surface area contributed by atoms with Crippen LogP contribution in [-0.4, -0.2) is 34.0 Å². The normalized spacial score (nSPS) is 17.8. The fraction of sp³-hybridized carbons (Fsp3) is 0.607. The van der Waals surface area contributed by atoms with E-state index in [4.69, 9.17) is 14.2 Å². The van der Waals surface area contributed by atoms with Gasteiger partial charge in [0.15, 0.2) is 11.5 Å². The number of ether oxygens (including phenoxy) is 3. The van der Waals surface area contributed by atoms with E-state index in [-0.39, 0.29) is 12.0 Å². The molecule has 1 N–H and O–H groups in total. The molecule has 1 aliphatic carbocycles. The molecule has 1 aliphatic rings. The number of hydrogen-bond donors (Lipinski definition) is 1. The molecule has 5 nitrogen and oxygen atoms in total. The molecule has 0 heterocycles. The van der Waals surface area contributed by atoms with E-state index in [0.29, 0.717) is 28.1 Å². The molecule has 0 fully saturated rings. The average molecular weight is 486 g/mol. The maximum absolute atomic E-state index is 12.8. The zero-order valence-electron chi connectivity index (χ0n) is 22.8. The third-order valence-electron chi connectivity index (χ3n) is 6.76. The Balaban J connectivity index is 2.60. The largest absolute Gasteiger partial charge is 0.493 e. The summed E-state index contributed by atoms with van der Waals surface area (Å²) in [6, 6.07) is 3.51. The molecule has 0 saturated heterocycles. The van der Waals surface area contributed by atoms with E-state index in [1.807, 2.05) is 32.9 Å². The summed E-state index contributed by atoms with van der Waals surface area (Å²) in [6.45, 7) is 19.4. The molecule has 2 rings (SSSR count). The first-order valence-corrected chi connectivity index (χ1v) is 14.5. The molecule has 0 unspecified atom stereocenters. The second-order valence-corrected chi connectivity index (χ2v) is 16.6. The summed E-state index contributed by atoms with van der Waals surface area (Å²) in [5.74, 6) is 4.71. The summed E-state index contributed by atoms with van der Waals surface area (Å²) < 4.78 is 16.6. The molecule has 1 aromatic carbocycles. The summed E-state index contributed by atoms with van der Waals surface area (Å²) in [4.78, 5) is 12.8. The van der Waals surface area contributed by atoms with Gasteiger partial charge < -0.3 is 19.5 Å². The van der Waals surface area contributed by atoms with Crippen LogP contribution < -0.4 is 14.8 Å². The van der Waals surface area contributed by atoms with Crippen molar-refractivity contribution >= 4 is 20.2 Å². The van der Waals surface area contributed by atoms with Crippen molar-refractivity contribution in [2.45, 2.75) is 90.6 Å². The van der Waals surface area contributed by atoms with Crippen molar-refractivity contribution in [3.8, 4) is 23.0 Å². The number of hydrogen-bond acceptors (Lipinski definition) is 4. The first kappa shape index (κ1) is 27.8. The predicted molar refractivity (Wildman–Crippen MR) is 143 cm³/mol. The van der Waals surface area contributed by atoms with Crippen molar-refractivity contribution in [2.24, 2.45) is 5.92 Å². The van der Waals surface area contributed by atoms with Gasteiger partial charge in [0.1, 0.15) is 13.7 Å². The lowest BCUT2D eigenvalue weighted by Gasteiger charge is -2.38. The highest BCUT2D eigenvalue weighted by molar-refractivity contribution is 6.90. The van der Waals surface area contributed by atoms with Crippen molar-refractivity contribution in [1.29, 1.82) is 0 Å². The van der Waals surface area contributed by atoms with Gasteiger partial charge in [-0.2, -0.15) is 0 Å². The molecule has 0 radical (unpaired) electrons. The topological polar surface area (TPSA) is 56.8 Å². The molecule has 1 amide bonds. The van der Waals surface area contributed by atoms with E-state index in [9.17, 15) is 4.79 Å². The second kappa shape index (κ2) is 10.9. The smallest absolute Gasteiger partial charge is 0.408 e. The van der Waals surface area contributed by atoms with E-state index in [1.165, 1.54) is 0 Å². The lowest BCUT2D eigenvalue weighted by Crippen LogP contribution is -2.43. The number of amides is 1. The first-order chi connectivity index (χ1) is 15.8. The standard InChI is InChI=1S/C28H43NO4Si/c1-18(2)34(19(3)4,20(5)6)15-14-21-12-13-22-16-24(31-10)25(32-11)17-23(22)26(21)29-27(30)33-28(7,8)9/h12-13,16-21,26H,1-11H3,(H,29,30)/t21-,26+/m0/s1. The highest BCUT2D eigenvalue weighted by Crippen LogP contribution is 2.42. The van der Waals surface area contributed by atoms with Gasteiger partial charge >= 0.3 is 6.09 Å². The Hall–Kier alpha value is -2.39.